The molecular weight excluding hydrogens is 370 g/mol. The van der Waals surface area contributed by atoms with Gasteiger partial charge in [0.1, 0.15) is 11.6 Å². The average molecular weight is 401 g/mol. The zero-order valence-corrected chi connectivity index (χ0v) is 17.3. The third-order valence-corrected chi connectivity index (χ3v) is 7.32. The summed E-state index contributed by atoms with van der Waals surface area (Å²) < 4.78 is 34.2. The number of benzene rings is 2. The van der Waals surface area contributed by atoms with Crippen LogP contribution in [-0.4, -0.2) is 13.1 Å². The van der Waals surface area contributed by atoms with Crippen LogP contribution in [0.2, 0.25) is 0 Å². The van der Waals surface area contributed by atoms with Crippen LogP contribution in [0.1, 0.15) is 80.1 Å². The van der Waals surface area contributed by atoms with Crippen molar-refractivity contribution in [2.45, 2.75) is 64.2 Å². The number of ether oxygens (including phenoxy) is 1. The van der Waals surface area contributed by atoms with Crippen LogP contribution < -0.4 is 0 Å². The summed E-state index contributed by atoms with van der Waals surface area (Å²) in [4.78, 5) is 11.7. The molecule has 2 aromatic rings. The monoisotopic (exact) mass is 400 g/mol. The molecule has 2 nitrogen and oxygen atoms in total. The minimum atomic E-state index is -0.837. The first-order chi connectivity index (χ1) is 14.0. The molecule has 4 rings (SSSR count). The van der Waals surface area contributed by atoms with Crippen molar-refractivity contribution in [1.82, 2.24) is 0 Å². The van der Waals surface area contributed by atoms with Crippen LogP contribution in [0.25, 0.3) is 10.8 Å². The Morgan fingerprint density at radius 2 is 1.83 bits per heavy atom. The number of carbonyl (C=O) groups is 1. The lowest BCUT2D eigenvalue weighted by molar-refractivity contribution is 0.0596. The predicted octanol–water partition coefficient (Wildman–Crippen LogP) is 7.00. The van der Waals surface area contributed by atoms with E-state index in [-0.39, 0.29) is 10.9 Å². The fraction of sp³-hybridized carbons (Fsp3) is 0.560. The maximum Gasteiger partial charge on any atom is 0.340 e. The molecule has 0 bridgehead atoms. The maximum atomic E-state index is 14.9. The minimum Gasteiger partial charge on any atom is -0.465 e. The summed E-state index contributed by atoms with van der Waals surface area (Å²) in [5, 5.41) is 0.393. The molecule has 2 aliphatic rings. The molecule has 4 atom stereocenters. The fourth-order valence-corrected chi connectivity index (χ4v) is 5.86. The molecule has 0 saturated heterocycles. The van der Waals surface area contributed by atoms with Gasteiger partial charge < -0.3 is 4.74 Å². The molecule has 4 unspecified atom stereocenters. The largest absolute Gasteiger partial charge is 0.465 e. The second kappa shape index (κ2) is 8.41. The number of carbonyl (C=O) groups excluding carboxylic acids is 1. The van der Waals surface area contributed by atoms with Crippen molar-refractivity contribution < 1.29 is 18.3 Å². The number of hydrogen-bond donors (Lipinski definition) is 0. The Morgan fingerprint density at radius 1 is 1.07 bits per heavy atom. The second-order valence-electron chi connectivity index (χ2n) is 9.02. The van der Waals surface area contributed by atoms with Crippen LogP contribution in [0, 0.1) is 29.4 Å². The van der Waals surface area contributed by atoms with E-state index in [2.05, 4.69) is 11.7 Å². The quantitative estimate of drug-likeness (QED) is 0.516. The molecule has 29 heavy (non-hydrogen) atoms. The van der Waals surface area contributed by atoms with Gasteiger partial charge in [-0.05, 0) is 78.9 Å². The molecule has 0 heterocycles. The Bertz CT molecular complexity index is 907. The summed E-state index contributed by atoms with van der Waals surface area (Å²) in [6.07, 6.45) is 10.00. The van der Waals surface area contributed by atoms with Crippen LogP contribution in [0.5, 0.6) is 0 Å². The third kappa shape index (κ3) is 3.91. The summed E-state index contributed by atoms with van der Waals surface area (Å²) in [6.45, 7) is 2.27. The summed E-state index contributed by atoms with van der Waals surface area (Å²) >= 11 is 0. The number of methoxy groups -OCH3 is 1. The van der Waals surface area contributed by atoms with Crippen molar-refractivity contribution in [2.75, 3.05) is 7.11 Å². The summed E-state index contributed by atoms with van der Waals surface area (Å²) in [7, 11) is 1.19. The molecule has 2 aromatic carbocycles. The lowest BCUT2D eigenvalue weighted by Crippen LogP contribution is -2.30. The summed E-state index contributed by atoms with van der Waals surface area (Å²) in [6, 6.07) is 6.41. The van der Waals surface area contributed by atoms with Crippen LogP contribution in [0.15, 0.2) is 24.3 Å². The van der Waals surface area contributed by atoms with Gasteiger partial charge in [-0.2, -0.15) is 0 Å². The molecule has 0 amide bonds. The van der Waals surface area contributed by atoms with Gasteiger partial charge in [0.15, 0.2) is 0 Å². The smallest absolute Gasteiger partial charge is 0.340 e. The predicted molar refractivity (Wildman–Crippen MR) is 111 cm³/mol. The van der Waals surface area contributed by atoms with Gasteiger partial charge >= 0.3 is 5.97 Å². The Kier molecular flexibility index (Phi) is 5.89. The van der Waals surface area contributed by atoms with E-state index in [0.29, 0.717) is 11.3 Å². The Morgan fingerprint density at radius 3 is 2.59 bits per heavy atom. The molecule has 2 aliphatic carbocycles. The van der Waals surface area contributed by atoms with Gasteiger partial charge in [0.25, 0.3) is 0 Å². The van der Waals surface area contributed by atoms with E-state index >= 15 is 0 Å². The molecule has 156 valence electrons. The molecular formula is C25H30F2O2. The lowest BCUT2D eigenvalue weighted by Gasteiger charge is -2.42. The van der Waals surface area contributed by atoms with Crippen LogP contribution in [0.3, 0.4) is 0 Å². The molecule has 0 aliphatic heterocycles. The van der Waals surface area contributed by atoms with Crippen molar-refractivity contribution in [3.63, 3.8) is 0 Å². The van der Waals surface area contributed by atoms with Gasteiger partial charge in [-0.1, -0.05) is 38.3 Å². The van der Waals surface area contributed by atoms with E-state index in [0.717, 1.165) is 36.2 Å². The van der Waals surface area contributed by atoms with Gasteiger partial charge in [-0.15, -0.1) is 0 Å². The topological polar surface area (TPSA) is 26.3 Å². The van der Waals surface area contributed by atoms with Gasteiger partial charge in [-0.25, -0.2) is 13.6 Å². The lowest BCUT2D eigenvalue weighted by atomic mass is 9.63. The van der Waals surface area contributed by atoms with Gasteiger partial charge in [0.05, 0.1) is 18.1 Å². The molecule has 0 radical (unpaired) electrons. The SMILES string of the molecule is CCCC1CCC2CC(c3cc(F)c4c(F)c(C(=O)OC)ccc4c3)CCC2C1. The van der Waals surface area contributed by atoms with Crippen LogP contribution in [-0.2, 0) is 4.74 Å². The van der Waals surface area contributed by atoms with Gasteiger partial charge in [-0.3, -0.25) is 0 Å². The van der Waals surface area contributed by atoms with Crippen molar-refractivity contribution in [3.8, 4) is 0 Å². The van der Waals surface area contributed by atoms with Crippen molar-refractivity contribution >= 4 is 16.7 Å². The number of esters is 1. The summed E-state index contributed by atoms with van der Waals surface area (Å²) in [5.74, 6) is 0.570. The van der Waals surface area contributed by atoms with Gasteiger partial charge in [0, 0.05) is 0 Å². The number of halogens is 2. The normalized spacial score (nSPS) is 26.9. The van der Waals surface area contributed by atoms with Crippen LogP contribution >= 0.6 is 0 Å². The third-order valence-electron chi connectivity index (χ3n) is 7.32. The average Bonchev–Trinajstić information content (AvgIpc) is 2.73. The minimum absolute atomic E-state index is 0.120. The van der Waals surface area contributed by atoms with E-state index < -0.39 is 17.6 Å². The Hall–Kier alpha value is -1.97. The molecule has 2 fully saturated rings. The molecule has 4 heteroatoms. The van der Waals surface area contributed by atoms with E-state index in [1.54, 1.807) is 6.07 Å². The highest BCUT2D eigenvalue weighted by molar-refractivity contribution is 5.96. The summed E-state index contributed by atoms with van der Waals surface area (Å²) in [5.41, 5.74) is 0.741. The van der Waals surface area contributed by atoms with Crippen molar-refractivity contribution in [1.29, 1.82) is 0 Å². The van der Waals surface area contributed by atoms with Crippen LogP contribution in [0.4, 0.5) is 8.78 Å². The van der Waals surface area contributed by atoms with Crippen molar-refractivity contribution in [3.05, 3.63) is 47.0 Å². The standard InChI is InChI=1S/C25H30F2O2/c1-3-4-15-5-6-17-12-18(8-7-16(17)11-15)20-13-19-9-10-21(25(28)29-2)24(27)23(19)22(26)14-20/h9-10,13-18H,3-8,11-12H2,1-2H3. The highest BCUT2D eigenvalue weighted by Crippen LogP contribution is 2.48. The second-order valence-corrected chi connectivity index (χ2v) is 9.02. The first-order valence-corrected chi connectivity index (χ1v) is 11.0. The Balaban J connectivity index is 1.57. The Labute approximate surface area is 171 Å². The fourth-order valence-electron chi connectivity index (χ4n) is 5.86. The molecule has 0 aromatic heterocycles. The first kappa shape index (κ1) is 20.3. The molecule has 2 saturated carbocycles. The highest BCUT2D eigenvalue weighted by atomic mass is 19.1. The van der Waals surface area contributed by atoms with Gasteiger partial charge in [0.2, 0.25) is 0 Å². The van der Waals surface area contributed by atoms with E-state index in [1.165, 1.54) is 57.8 Å². The zero-order valence-electron chi connectivity index (χ0n) is 17.3. The molecule has 0 N–H and O–H groups in total. The van der Waals surface area contributed by atoms with Crippen molar-refractivity contribution in [2.24, 2.45) is 17.8 Å². The molecule has 0 spiro atoms. The first-order valence-electron chi connectivity index (χ1n) is 11.0. The number of hydrogen-bond acceptors (Lipinski definition) is 2. The maximum absolute atomic E-state index is 14.9. The van der Waals surface area contributed by atoms with E-state index in [4.69, 9.17) is 0 Å². The van der Waals surface area contributed by atoms with E-state index in [9.17, 15) is 13.6 Å². The van der Waals surface area contributed by atoms with E-state index in [1.807, 2.05) is 6.07 Å². The highest BCUT2D eigenvalue weighted by Gasteiger charge is 2.36. The zero-order chi connectivity index (χ0) is 20.5. The number of fused-ring (bicyclic) bond motifs is 2. The number of rotatable bonds is 4.